The lowest BCUT2D eigenvalue weighted by Gasteiger charge is -2.07. The number of nitrogens with zero attached hydrogens (tertiary/aromatic N) is 7. The van der Waals surface area contributed by atoms with E-state index in [-0.39, 0.29) is 5.69 Å². The van der Waals surface area contributed by atoms with E-state index in [2.05, 4.69) is 30.5 Å². The summed E-state index contributed by atoms with van der Waals surface area (Å²) in [5.41, 5.74) is 1.62. The van der Waals surface area contributed by atoms with Gasteiger partial charge in [0.2, 0.25) is 5.95 Å². The molecular weight excluding hydrogens is 348 g/mol. The first-order valence-corrected chi connectivity index (χ1v) is 7.96. The second-order valence-corrected chi connectivity index (χ2v) is 5.60. The first-order valence-electron chi connectivity index (χ1n) is 7.96. The zero-order chi connectivity index (χ0) is 18.8. The van der Waals surface area contributed by atoms with Crippen molar-refractivity contribution >= 4 is 17.6 Å². The second-order valence-electron chi connectivity index (χ2n) is 5.60. The number of carboxylic acids is 1. The molecule has 0 amide bonds. The highest BCUT2D eigenvalue weighted by atomic mass is 16.4. The van der Waals surface area contributed by atoms with Crippen LogP contribution in [0.15, 0.2) is 55.1 Å². The lowest BCUT2D eigenvalue weighted by Crippen LogP contribution is -2.05. The van der Waals surface area contributed by atoms with Crippen LogP contribution in [0.5, 0.6) is 0 Å². The molecule has 0 aliphatic rings. The van der Waals surface area contributed by atoms with E-state index in [1.807, 2.05) is 31.2 Å². The molecule has 0 radical (unpaired) electrons. The van der Waals surface area contributed by atoms with E-state index >= 15 is 0 Å². The Labute approximate surface area is 153 Å². The fourth-order valence-electron chi connectivity index (χ4n) is 2.40. The Morgan fingerprint density at radius 2 is 1.85 bits per heavy atom. The number of carbonyl (C=O) groups is 1. The molecule has 10 heteroatoms. The molecular formula is C17H14N8O2. The normalized spacial score (nSPS) is 10.7. The number of nitrogens with one attached hydrogen (secondary N) is 1. The monoisotopic (exact) mass is 362 g/mol. The standard InChI is InChI=1S/C17H14N8O2/c1-11-19-10-25(22-11)13-4-2-12(3-5-13)20-17-18-8-6-15(21-17)24-9-7-14(23-24)16(26)27/h2-10H,1H3,(H,26,27)(H,18,20,21). The van der Waals surface area contributed by atoms with Crippen LogP contribution in [-0.4, -0.2) is 45.6 Å². The van der Waals surface area contributed by atoms with Crippen molar-refractivity contribution in [3.05, 3.63) is 66.6 Å². The Balaban J connectivity index is 1.53. The van der Waals surface area contributed by atoms with Gasteiger partial charge in [0, 0.05) is 24.1 Å². The minimum Gasteiger partial charge on any atom is -0.476 e. The van der Waals surface area contributed by atoms with Gasteiger partial charge in [0.05, 0.1) is 5.69 Å². The molecule has 0 unspecified atom stereocenters. The van der Waals surface area contributed by atoms with Crippen LogP contribution in [-0.2, 0) is 0 Å². The number of aromatic carboxylic acids is 1. The third-order valence-electron chi connectivity index (χ3n) is 3.68. The van der Waals surface area contributed by atoms with Crippen molar-refractivity contribution in [3.63, 3.8) is 0 Å². The topological polar surface area (TPSA) is 124 Å². The summed E-state index contributed by atoms with van der Waals surface area (Å²) >= 11 is 0. The van der Waals surface area contributed by atoms with Gasteiger partial charge in [0.25, 0.3) is 0 Å². The molecule has 0 aliphatic carbocycles. The molecule has 3 aromatic heterocycles. The molecule has 27 heavy (non-hydrogen) atoms. The Hall–Kier alpha value is -4.08. The molecule has 0 saturated carbocycles. The molecule has 0 saturated heterocycles. The van der Waals surface area contributed by atoms with Crippen molar-refractivity contribution < 1.29 is 9.90 Å². The van der Waals surface area contributed by atoms with Gasteiger partial charge in [0.15, 0.2) is 11.5 Å². The molecule has 0 atom stereocenters. The fraction of sp³-hybridized carbons (Fsp3) is 0.0588. The van der Waals surface area contributed by atoms with Crippen molar-refractivity contribution in [1.29, 1.82) is 0 Å². The third-order valence-corrected chi connectivity index (χ3v) is 3.68. The van der Waals surface area contributed by atoms with Gasteiger partial charge in [-0.2, -0.15) is 15.2 Å². The molecule has 0 aliphatic heterocycles. The van der Waals surface area contributed by atoms with Crippen molar-refractivity contribution in [2.24, 2.45) is 0 Å². The maximum absolute atomic E-state index is 11.0. The number of hydrogen-bond acceptors (Lipinski definition) is 7. The van der Waals surface area contributed by atoms with Crippen molar-refractivity contribution in [1.82, 2.24) is 34.5 Å². The van der Waals surface area contributed by atoms with Crippen LogP contribution >= 0.6 is 0 Å². The molecule has 0 bridgehead atoms. The van der Waals surface area contributed by atoms with Crippen LogP contribution < -0.4 is 5.32 Å². The summed E-state index contributed by atoms with van der Waals surface area (Å²) in [5.74, 6) is 0.426. The zero-order valence-corrected chi connectivity index (χ0v) is 14.2. The van der Waals surface area contributed by atoms with Crippen LogP contribution in [0, 0.1) is 6.92 Å². The van der Waals surface area contributed by atoms with Crippen molar-refractivity contribution in [2.75, 3.05) is 5.32 Å². The average Bonchev–Trinajstić information content (AvgIpc) is 3.32. The molecule has 4 rings (SSSR count). The zero-order valence-electron chi connectivity index (χ0n) is 14.2. The van der Waals surface area contributed by atoms with Gasteiger partial charge in [-0.1, -0.05) is 0 Å². The summed E-state index contributed by atoms with van der Waals surface area (Å²) in [7, 11) is 0. The van der Waals surface area contributed by atoms with Crippen molar-refractivity contribution in [3.8, 4) is 11.5 Å². The number of aryl methyl sites for hydroxylation is 1. The summed E-state index contributed by atoms with van der Waals surface area (Å²) in [4.78, 5) is 23.6. The van der Waals surface area contributed by atoms with Gasteiger partial charge >= 0.3 is 5.97 Å². The lowest BCUT2D eigenvalue weighted by molar-refractivity contribution is 0.0690. The summed E-state index contributed by atoms with van der Waals surface area (Å²) in [5, 5.41) is 20.3. The van der Waals surface area contributed by atoms with Gasteiger partial charge in [-0.15, -0.1) is 0 Å². The highest BCUT2D eigenvalue weighted by Gasteiger charge is 2.09. The first kappa shape index (κ1) is 16.4. The first-order chi connectivity index (χ1) is 13.1. The van der Waals surface area contributed by atoms with Crippen molar-refractivity contribution in [2.45, 2.75) is 6.92 Å². The maximum Gasteiger partial charge on any atom is 0.356 e. The fourth-order valence-corrected chi connectivity index (χ4v) is 2.40. The van der Waals surface area contributed by atoms with Crippen LogP contribution in [0.4, 0.5) is 11.6 Å². The smallest absolute Gasteiger partial charge is 0.356 e. The summed E-state index contributed by atoms with van der Waals surface area (Å²) in [6.07, 6.45) is 4.75. The van der Waals surface area contributed by atoms with Gasteiger partial charge in [-0.05, 0) is 37.3 Å². The van der Waals surface area contributed by atoms with Crippen LogP contribution in [0.1, 0.15) is 16.3 Å². The Bertz CT molecular complexity index is 1100. The van der Waals surface area contributed by atoms with Crippen LogP contribution in [0.3, 0.4) is 0 Å². The number of rotatable bonds is 5. The van der Waals surface area contributed by atoms with E-state index in [1.54, 1.807) is 23.3 Å². The molecule has 10 nitrogen and oxygen atoms in total. The molecule has 3 heterocycles. The minimum absolute atomic E-state index is 0.0536. The predicted octanol–water partition coefficient (Wildman–Crippen LogP) is 1.99. The summed E-state index contributed by atoms with van der Waals surface area (Å²) < 4.78 is 3.07. The highest BCUT2D eigenvalue weighted by Crippen LogP contribution is 2.16. The van der Waals surface area contributed by atoms with E-state index < -0.39 is 5.97 Å². The number of hydrogen-bond donors (Lipinski definition) is 2. The third kappa shape index (κ3) is 3.49. The minimum atomic E-state index is -1.09. The van der Waals surface area contributed by atoms with E-state index in [4.69, 9.17) is 5.11 Å². The van der Waals surface area contributed by atoms with E-state index in [0.29, 0.717) is 17.6 Å². The molecule has 1 aromatic carbocycles. The Kier molecular flexibility index (Phi) is 4.05. The molecule has 134 valence electrons. The quantitative estimate of drug-likeness (QED) is 0.552. The van der Waals surface area contributed by atoms with Gasteiger partial charge in [0.1, 0.15) is 12.2 Å². The van der Waals surface area contributed by atoms with Gasteiger partial charge in [-0.25, -0.2) is 24.1 Å². The molecule has 4 aromatic rings. The highest BCUT2D eigenvalue weighted by molar-refractivity contribution is 5.85. The predicted molar refractivity (Wildman–Crippen MR) is 95.5 cm³/mol. The number of benzene rings is 1. The van der Waals surface area contributed by atoms with Gasteiger partial charge in [-0.3, -0.25) is 0 Å². The Morgan fingerprint density at radius 1 is 1.04 bits per heavy atom. The number of anilines is 2. The SMILES string of the molecule is Cc1ncn(-c2ccc(Nc3nccc(-n4ccc(C(=O)O)n4)n3)cc2)n1. The second kappa shape index (κ2) is 6.67. The van der Waals surface area contributed by atoms with E-state index in [0.717, 1.165) is 11.4 Å². The summed E-state index contributed by atoms with van der Waals surface area (Å²) in [6.45, 7) is 1.83. The van der Waals surface area contributed by atoms with E-state index in [9.17, 15) is 4.79 Å². The largest absolute Gasteiger partial charge is 0.476 e. The van der Waals surface area contributed by atoms with Crippen LogP contribution in [0.25, 0.3) is 11.5 Å². The number of aromatic nitrogens is 7. The molecule has 0 spiro atoms. The van der Waals surface area contributed by atoms with Crippen LogP contribution in [0.2, 0.25) is 0 Å². The lowest BCUT2D eigenvalue weighted by atomic mass is 10.3. The molecule has 2 N–H and O–H groups in total. The molecule has 0 fully saturated rings. The van der Waals surface area contributed by atoms with Gasteiger partial charge < -0.3 is 10.4 Å². The van der Waals surface area contributed by atoms with E-state index in [1.165, 1.54) is 16.9 Å². The Morgan fingerprint density at radius 3 is 2.52 bits per heavy atom. The maximum atomic E-state index is 11.0. The number of carboxylic acid groups (broad SMARTS) is 1. The summed E-state index contributed by atoms with van der Waals surface area (Å²) in [6, 6.07) is 10.6. The average molecular weight is 362 g/mol.